The van der Waals surface area contributed by atoms with Crippen LogP contribution in [0.25, 0.3) is 11.3 Å². The van der Waals surface area contributed by atoms with Crippen LogP contribution in [0.4, 0.5) is 21.7 Å². The molecule has 4 rings (SSSR count). The van der Waals surface area contributed by atoms with Crippen molar-refractivity contribution in [1.82, 2.24) is 9.97 Å². The third kappa shape index (κ3) is 5.37. The fourth-order valence-electron chi connectivity index (χ4n) is 4.02. The van der Waals surface area contributed by atoms with Crippen molar-refractivity contribution < 1.29 is 13.9 Å². The van der Waals surface area contributed by atoms with Crippen molar-refractivity contribution >= 4 is 23.1 Å². The molecule has 0 unspecified atom stereocenters. The second kappa shape index (κ2) is 10.3. The van der Waals surface area contributed by atoms with Crippen LogP contribution in [-0.4, -0.2) is 36.0 Å². The lowest BCUT2D eigenvalue weighted by atomic mass is 10.0. The van der Waals surface area contributed by atoms with Crippen LogP contribution in [0.2, 0.25) is 0 Å². The number of nitrogens with zero attached hydrogens (tertiary/aromatic N) is 3. The molecule has 1 aromatic heterocycles. The molecule has 6 nitrogen and oxygen atoms in total. The molecule has 0 spiro atoms. The van der Waals surface area contributed by atoms with E-state index in [0.29, 0.717) is 22.8 Å². The number of ether oxygens (including phenoxy) is 1. The number of allylic oxidation sites excluding steroid dienone is 1. The third-order valence-corrected chi connectivity index (χ3v) is 5.71. The molecule has 0 amide bonds. The van der Waals surface area contributed by atoms with Gasteiger partial charge >= 0.3 is 0 Å². The van der Waals surface area contributed by atoms with Crippen molar-refractivity contribution in [2.24, 2.45) is 0 Å². The van der Waals surface area contributed by atoms with Gasteiger partial charge in [0.2, 0.25) is 5.95 Å². The van der Waals surface area contributed by atoms with E-state index in [-0.39, 0.29) is 17.9 Å². The minimum absolute atomic E-state index is 0.113. The monoisotopic (exact) mass is 446 g/mol. The zero-order valence-electron chi connectivity index (χ0n) is 18.7. The minimum atomic E-state index is -0.547. The molecule has 0 saturated carbocycles. The van der Waals surface area contributed by atoms with Crippen molar-refractivity contribution in [1.29, 1.82) is 0 Å². The summed E-state index contributed by atoms with van der Waals surface area (Å²) in [6.07, 6.45) is 6.20. The van der Waals surface area contributed by atoms with Gasteiger partial charge in [-0.05, 0) is 61.7 Å². The van der Waals surface area contributed by atoms with Crippen LogP contribution in [0.3, 0.4) is 0 Å². The normalized spacial score (nSPS) is 13.5. The summed E-state index contributed by atoms with van der Waals surface area (Å²) >= 11 is 0. The standard InChI is InChI=1S/C26H27FN4O2/c1-3-22(32)15-19-14-18(10-11-24(19)33-2)25-23(27)17-28-26(30-25)29-20-8-7-9-21(16-20)31-12-5-4-6-13-31/h3,7-11,14,16-17H,1,4-6,12-13,15H2,2H3,(H,28,29,30). The number of aromatic nitrogens is 2. The highest BCUT2D eigenvalue weighted by Gasteiger charge is 2.15. The van der Waals surface area contributed by atoms with Crippen LogP contribution >= 0.6 is 0 Å². The minimum Gasteiger partial charge on any atom is -0.496 e. The molecule has 0 bridgehead atoms. The molecule has 1 aliphatic rings. The topological polar surface area (TPSA) is 67.4 Å². The predicted octanol–water partition coefficient (Wildman–Crippen LogP) is 5.32. The average Bonchev–Trinajstić information content (AvgIpc) is 2.86. The second-order valence-corrected chi connectivity index (χ2v) is 7.99. The number of benzene rings is 2. The Hall–Kier alpha value is -3.74. The highest BCUT2D eigenvalue weighted by Crippen LogP contribution is 2.29. The number of halogens is 1. The van der Waals surface area contributed by atoms with E-state index in [9.17, 15) is 9.18 Å². The van der Waals surface area contributed by atoms with E-state index in [1.807, 2.05) is 12.1 Å². The average molecular weight is 447 g/mol. The molecule has 1 aliphatic heterocycles. The SMILES string of the molecule is C=CC(=O)Cc1cc(-c2nc(Nc3cccc(N4CCCCC4)c3)ncc2F)ccc1OC. The number of anilines is 3. The third-order valence-electron chi connectivity index (χ3n) is 5.71. The quantitative estimate of drug-likeness (QED) is 0.472. The molecule has 0 radical (unpaired) electrons. The fraction of sp³-hybridized carbons (Fsp3) is 0.269. The number of ketones is 1. The van der Waals surface area contributed by atoms with Crippen LogP contribution < -0.4 is 15.0 Å². The van der Waals surface area contributed by atoms with Gasteiger partial charge < -0.3 is 15.0 Å². The van der Waals surface area contributed by atoms with Crippen molar-refractivity contribution in [2.75, 3.05) is 30.4 Å². The van der Waals surface area contributed by atoms with Crippen LogP contribution in [0.5, 0.6) is 5.75 Å². The van der Waals surface area contributed by atoms with Gasteiger partial charge in [-0.3, -0.25) is 4.79 Å². The van der Waals surface area contributed by atoms with E-state index in [1.54, 1.807) is 18.2 Å². The Bertz CT molecular complexity index is 1160. The Morgan fingerprint density at radius 3 is 2.79 bits per heavy atom. The molecule has 2 heterocycles. The Labute approximate surface area is 193 Å². The number of hydrogen-bond donors (Lipinski definition) is 1. The number of rotatable bonds is 8. The lowest BCUT2D eigenvalue weighted by Crippen LogP contribution is -2.29. The summed E-state index contributed by atoms with van der Waals surface area (Å²) in [5, 5.41) is 3.19. The lowest BCUT2D eigenvalue weighted by molar-refractivity contribution is -0.114. The molecule has 1 saturated heterocycles. The maximum atomic E-state index is 14.7. The van der Waals surface area contributed by atoms with E-state index in [2.05, 4.69) is 38.9 Å². The van der Waals surface area contributed by atoms with Crippen molar-refractivity contribution in [3.8, 4) is 17.0 Å². The highest BCUT2D eigenvalue weighted by molar-refractivity contribution is 5.91. The predicted molar refractivity (Wildman–Crippen MR) is 129 cm³/mol. The van der Waals surface area contributed by atoms with Crippen LogP contribution in [0, 0.1) is 5.82 Å². The van der Waals surface area contributed by atoms with Crippen LogP contribution in [0.1, 0.15) is 24.8 Å². The van der Waals surface area contributed by atoms with Gasteiger partial charge in [-0.15, -0.1) is 0 Å². The Balaban J connectivity index is 1.60. The van der Waals surface area contributed by atoms with E-state index >= 15 is 0 Å². The fourth-order valence-corrected chi connectivity index (χ4v) is 4.02. The van der Waals surface area contributed by atoms with Crippen LogP contribution in [-0.2, 0) is 11.2 Å². The Morgan fingerprint density at radius 2 is 2.03 bits per heavy atom. The number of piperidine rings is 1. The molecule has 2 aromatic carbocycles. The van der Waals surface area contributed by atoms with Gasteiger partial charge in [0.05, 0.1) is 13.3 Å². The lowest BCUT2D eigenvalue weighted by Gasteiger charge is -2.29. The van der Waals surface area contributed by atoms with Gasteiger partial charge in [0.1, 0.15) is 11.4 Å². The summed E-state index contributed by atoms with van der Waals surface area (Å²) in [7, 11) is 1.53. The second-order valence-electron chi connectivity index (χ2n) is 7.99. The summed E-state index contributed by atoms with van der Waals surface area (Å²) in [5.74, 6) is 0.149. The van der Waals surface area contributed by atoms with E-state index in [0.717, 1.165) is 30.7 Å². The number of nitrogens with one attached hydrogen (secondary N) is 1. The maximum absolute atomic E-state index is 14.7. The first-order valence-electron chi connectivity index (χ1n) is 11.0. The van der Waals surface area contributed by atoms with Gasteiger partial charge in [0.15, 0.2) is 11.6 Å². The molecular weight excluding hydrogens is 419 g/mol. The molecule has 1 N–H and O–H groups in total. The molecule has 33 heavy (non-hydrogen) atoms. The van der Waals surface area contributed by atoms with Gasteiger partial charge in [-0.2, -0.15) is 0 Å². The summed E-state index contributed by atoms with van der Waals surface area (Å²) in [6, 6.07) is 13.2. The molecule has 170 valence electrons. The number of carbonyl (C=O) groups excluding carboxylic acids is 1. The summed E-state index contributed by atoms with van der Waals surface area (Å²) in [6.45, 7) is 5.61. The summed E-state index contributed by atoms with van der Waals surface area (Å²) < 4.78 is 20.0. The Kier molecular flexibility index (Phi) is 6.98. The zero-order chi connectivity index (χ0) is 23.2. The van der Waals surface area contributed by atoms with Gasteiger partial charge in [-0.1, -0.05) is 12.6 Å². The molecule has 1 fully saturated rings. The Morgan fingerprint density at radius 1 is 1.21 bits per heavy atom. The molecule has 7 heteroatoms. The first kappa shape index (κ1) is 22.5. The molecular formula is C26H27FN4O2. The van der Waals surface area contributed by atoms with E-state index in [1.165, 1.54) is 32.4 Å². The van der Waals surface area contributed by atoms with Crippen molar-refractivity contribution in [3.63, 3.8) is 0 Å². The smallest absolute Gasteiger partial charge is 0.227 e. The van der Waals surface area contributed by atoms with Crippen molar-refractivity contribution in [2.45, 2.75) is 25.7 Å². The first-order valence-corrected chi connectivity index (χ1v) is 11.0. The largest absolute Gasteiger partial charge is 0.496 e. The van der Waals surface area contributed by atoms with Gasteiger partial charge in [0.25, 0.3) is 0 Å². The molecule has 0 atom stereocenters. The van der Waals surface area contributed by atoms with Gasteiger partial charge in [0, 0.05) is 42.0 Å². The highest BCUT2D eigenvalue weighted by atomic mass is 19.1. The van der Waals surface area contributed by atoms with E-state index < -0.39 is 5.82 Å². The number of methoxy groups -OCH3 is 1. The number of hydrogen-bond acceptors (Lipinski definition) is 6. The summed E-state index contributed by atoms with van der Waals surface area (Å²) in [4.78, 5) is 22.8. The molecule has 0 aliphatic carbocycles. The van der Waals surface area contributed by atoms with Crippen molar-refractivity contribution in [3.05, 3.63) is 72.7 Å². The zero-order valence-corrected chi connectivity index (χ0v) is 18.7. The number of carbonyl (C=O) groups is 1. The van der Waals surface area contributed by atoms with Gasteiger partial charge in [-0.25, -0.2) is 14.4 Å². The van der Waals surface area contributed by atoms with Crippen LogP contribution in [0.15, 0.2) is 61.3 Å². The van der Waals surface area contributed by atoms with E-state index in [4.69, 9.17) is 4.74 Å². The molecule has 3 aromatic rings. The summed E-state index contributed by atoms with van der Waals surface area (Å²) in [5.41, 5.74) is 3.31. The first-order chi connectivity index (χ1) is 16.1. The maximum Gasteiger partial charge on any atom is 0.227 e.